The van der Waals surface area contributed by atoms with Crippen molar-refractivity contribution in [3.05, 3.63) is 47.1 Å². The molecule has 0 spiro atoms. The second-order valence-electron chi connectivity index (χ2n) is 7.22. The van der Waals surface area contributed by atoms with E-state index in [-0.39, 0.29) is 34.2 Å². The van der Waals surface area contributed by atoms with Crippen LogP contribution in [0.25, 0.3) is 0 Å². The average Bonchev–Trinajstić information content (AvgIpc) is 2.70. The van der Waals surface area contributed by atoms with Crippen molar-refractivity contribution < 1.29 is 28.6 Å². The van der Waals surface area contributed by atoms with E-state index in [0.717, 1.165) is 6.42 Å². The van der Waals surface area contributed by atoms with Crippen LogP contribution in [-0.2, 0) is 9.53 Å². The van der Waals surface area contributed by atoms with Crippen LogP contribution in [0.5, 0.6) is 11.5 Å². The Kier molecular flexibility index (Phi) is 7.76. The van der Waals surface area contributed by atoms with Gasteiger partial charge in [-0.1, -0.05) is 26.8 Å². The van der Waals surface area contributed by atoms with Crippen LogP contribution < -0.4 is 9.47 Å². The second kappa shape index (κ2) is 10.0. The third-order valence-corrected chi connectivity index (χ3v) is 4.68. The van der Waals surface area contributed by atoms with E-state index in [1.54, 1.807) is 12.1 Å². The van der Waals surface area contributed by atoms with Gasteiger partial charge in [0.1, 0.15) is 17.6 Å². The summed E-state index contributed by atoms with van der Waals surface area (Å²) in [6, 6.07) is 1.63. The Hall–Kier alpha value is -2.89. The molecule has 0 radical (unpaired) electrons. The fraction of sp³-hybridized carbons (Fsp3) is 0.435. The number of carbonyl (C=O) groups is 3. The molecule has 0 heterocycles. The molecule has 1 aromatic carbocycles. The van der Waals surface area contributed by atoms with Crippen molar-refractivity contribution in [1.29, 1.82) is 0 Å². The summed E-state index contributed by atoms with van der Waals surface area (Å²) in [5.74, 6) is -0.266. The summed E-state index contributed by atoms with van der Waals surface area (Å²) in [6.07, 6.45) is 6.96. The monoisotopic (exact) mass is 400 g/mol. The predicted molar refractivity (Wildman–Crippen MR) is 110 cm³/mol. The van der Waals surface area contributed by atoms with Crippen LogP contribution in [0.3, 0.4) is 0 Å². The summed E-state index contributed by atoms with van der Waals surface area (Å²) in [5, 5.41) is 0. The van der Waals surface area contributed by atoms with Gasteiger partial charge in [-0.05, 0) is 43.4 Å². The molecule has 0 amide bonds. The first-order valence-corrected chi connectivity index (χ1v) is 9.76. The van der Waals surface area contributed by atoms with Crippen molar-refractivity contribution in [2.75, 3.05) is 14.2 Å². The fourth-order valence-electron chi connectivity index (χ4n) is 3.23. The molecule has 0 N–H and O–H groups in total. The van der Waals surface area contributed by atoms with Gasteiger partial charge in [0.25, 0.3) is 0 Å². The van der Waals surface area contributed by atoms with Crippen molar-refractivity contribution in [1.82, 2.24) is 0 Å². The Balaban J connectivity index is 2.61. The number of rotatable bonds is 9. The van der Waals surface area contributed by atoms with E-state index in [0.29, 0.717) is 24.3 Å². The Morgan fingerprint density at radius 3 is 2.24 bits per heavy atom. The molecule has 0 aromatic heterocycles. The van der Waals surface area contributed by atoms with E-state index >= 15 is 0 Å². The lowest BCUT2D eigenvalue weighted by molar-refractivity contribution is -0.144. The molecular formula is C23H28O6. The Morgan fingerprint density at radius 1 is 1.03 bits per heavy atom. The minimum absolute atomic E-state index is 0.143. The number of benzene rings is 1. The van der Waals surface area contributed by atoms with Crippen molar-refractivity contribution in [2.24, 2.45) is 5.92 Å². The van der Waals surface area contributed by atoms with Crippen LogP contribution in [0.2, 0.25) is 0 Å². The molecular weight excluding hydrogens is 372 g/mol. The highest BCUT2D eigenvalue weighted by atomic mass is 16.5. The van der Waals surface area contributed by atoms with Crippen LogP contribution in [0.15, 0.2) is 30.4 Å². The quantitative estimate of drug-likeness (QED) is 0.444. The molecule has 0 saturated carbocycles. The average molecular weight is 400 g/mol. The molecule has 1 unspecified atom stereocenters. The molecule has 1 aromatic rings. The number of carbonyl (C=O) groups excluding carboxylic acids is 3. The number of methoxy groups -OCH3 is 2. The highest BCUT2D eigenvalue weighted by Gasteiger charge is 2.33. The maximum absolute atomic E-state index is 12.6. The summed E-state index contributed by atoms with van der Waals surface area (Å²) in [6.45, 7) is 6.08. The van der Waals surface area contributed by atoms with E-state index < -0.39 is 12.1 Å². The van der Waals surface area contributed by atoms with Crippen molar-refractivity contribution in [3.8, 4) is 11.5 Å². The van der Waals surface area contributed by atoms with Gasteiger partial charge in [0.05, 0.1) is 25.3 Å². The smallest absolute Gasteiger partial charge is 0.331 e. The normalized spacial score (nSPS) is 14.3. The summed E-state index contributed by atoms with van der Waals surface area (Å²) in [4.78, 5) is 37.3. The van der Waals surface area contributed by atoms with Crippen molar-refractivity contribution >= 4 is 17.5 Å². The summed E-state index contributed by atoms with van der Waals surface area (Å²) in [5.41, 5.74) is 0.822. The number of allylic oxidation sites excluding steroid dienone is 3. The number of fused-ring (bicyclic) bond motifs is 1. The van der Waals surface area contributed by atoms with E-state index in [2.05, 4.69) is 13.8 Å². The molecule has 0 saturated heterocycles. The maximum atomic E-state index is 12.6. The first kappa shape index (κ1) is 22.4. The minimum Gasteiger partial charge on any atom is -0.496 e. The minimum atomic E-state index is -0.644. The van der Waals surface area contributed by atoms with E-state index in [1.807, 2.05) is 6.92 Å². The molecule has 156 valence electrons. The van der Waals surface area contributed by atoms with Crippen molar-refractivity contribution in [2.45, 2.75) is 46.1 Å². The van der Waals surface area contributed by atoms with Gasteiger partial charge in [-0.3, -0.25) is 9.59 Å². The topological polar surface area (TPSA) is 78.9 Å². The summed E-state index contributed by atoms with van der Waals surface area (Å²) < 4.78 is 16.6. The molecule has 1 atom stereocenters. The second-order valence-corrected chi connectivity index (χ2v) is 7.22. The van der Waals surface area contributed by atoms with Crippen LogP contribution in [0.4, 0.5) is 0 Å². The molecule has 0 aliphatic heterocycles. The van der Waals surface area contributed by atoms with Gasteiger partial charge in [-0.15, -0.1) is 0 Å². The van der Waals surface area contributed by atoms with Gasteiger partial charge in [-0.2, -0.15) is 0 Å². The van der Waals surface area contributed by atoms with Crippen LogP contribution in [0.1, 0.15) is 72.4 Å². The number of esters is 1. The number of hydrogen-bond acceptors (Lipinski definition) is 6. The molecule has 29 heavy (non-hydrogen) atoms. The molecule has 0 bridgehead atoms. The zero-order valence-corrected chi connectivity index (χ0v) is 17.6. The van der Waals surface area contributed by atoms with Gasteiger partial charge >= 0.3 is 5.97 Å². The lowest BCUT2D eigenvalue weighted by Crippen LogP contribution is -2.19. The Bertz CT molecular complexity index is 847. The highest BCUT2D eigenvalue weighted by molar-refractivity contribution is 6.24. The molecule has 2 rings (SSSR count). The third kappa shape index (κ3) is 5.13. The fourth-order valence-corrected chi connectivity index (χ4v) is 3.23. The predicted octanol–water partition coefficient (Wildman–Crippen LogP) is 4.63. The molecule has 1 aliphatic carbocycles. The number of hydrogen-bond donors (Lipinski definition) is 0. The van der Waals surface area contributed by atoms with Crippen LogP contribution in [-0.4, -0.2) is 31.8 Å². The lowest BCUT2D eigenvalue weighted by atomic mass is 9.88. The van der Waals surface area contributed by atoms with Gasteiger partial charge in [-0.25, -0.2) is 4.79 Å². The third-order valence-electron chi connectivity index (χ3n) is 4.68. The van der Waals surface area contributed by atoms with Crippen LogP contribution >= 0.6 is 0 Å². The van der Waals surface area contributed by atoms with E-state index in [1.165, 1.54) is 32.4 Å². The zero-order chi connectivity index (χ0) is 21.6. The van der Waals surface area contributed by atoms with Gasteiger partial charge in [0.15, 0.2) is 11.6 Å². The first-order valence-electron chi connectivity index (χ1n) is 9.76. The van der Waals surface area contributed by atoms with Gasteiger partial charge in [0.2, 0.25) is 0 Å². The van der Waals surface area contributed by atoms with Crippen LogP contribution in [0, 0.1) is 5.92 Å². The zero-order valence-electron chi connectivity index (χ0n) is 17.6. The first-order chi connectivity index (χ1) is 13.8. The summed E-state index contributed by atoms with van der Waals surface area (Å²) >= 11 is 0. The lowest BCUT2D eigenvalue weighted by Gasteiger charge is -2.25. The van der Waals surface area contributed by atoms with Gasteiger partial charge < -0.3 is 14.2 Å². The highest BCUT2D eigenvalue weighted by Crippen LogP contribution is 2.42. The Morgan fingerprint density at radius 2 is 1.69 bits per heavy atom. The van der Waals surface area contributed by atoms with Crippen molar-refractivity contribution in [3.63, 3.8) is 0 Å². The molecule has 1 aliphatic rings. The maximum Gasteiger partial charge on any atom is 0.331 e. The summed E-state index contributed by atoms with van der Waals surface area (Å²) in [7, 11) is 2.86. The molecule has 6 heteroatoms. The molecule has 6 nitrogen and oxygen atoms in total. The standard InChI is InChI=1S/C23H28O6/c1-6-7-8-20(26)29-18(12-9-14(2)3)15-13-19(27-4)21-16(24)10-11-17(25)22(21)23(15)28-5/h7-8,10-11,13-14,18H,6,9,12H2,1-5H3/b8-7+. The van der Waals surface area contributed by atoms with E-state index in [4.69, 9.17) is 14.2 Å². The molecule has 0 fully saturated rings. The Labute approximate surface area is 171 Å². The number of ether oxygens (including phenoxy) is 3. The SMILES string of the molecule is CC/C=C/C(=O)OC(CCC(C)C)c1cc(OC)c2c(c1OC)C(=O)C=CC2=O. The largest absolute Gasteiger partial charge is 0.496 e. The van der Waals surface area contributed by atoms with E-state index in [9.17, 15) is 14.4 Å². The number of ketones is 2. The van der Waals surface area contributed by atoms with Gasteiger partial charge in [0, 0.05) is 11.6 Å².